The van der Waals surface area contributed by atoms with Crippen LogP contribution in [0.5, 0.6) is 0 Å². The molecular formula is C14H20N2O2. The van der Waals surface area contributed by atoms with Gasteiger partial charge in [-0.2, -0.15) is 0 Å². The number of likely N-dealkylation sites (tertiary alicyclic amines) is 1. The third-order valence-corrected chi connectivity index (χ3v) is 3.47. The van der Waals surface area contributed by atoms with Gasteiger partial charge in [0.25, 0.3) is 0 Å². The maximum absolute atomic E-state index is 10.8. The van der Waals surface area contributed by atoms with E-state index in [1.54, 1.807) is 12.1 Å². The lowest BCUT2D eigenvalue weighted by Crippen LogP contribution is -2.24. The molecule has 1 atom stereocenters. The molecule has 2 rings (SSSR count). The number of carboxylic acid groups (broad SMARTS) is 1. The molecule has 0 bridgehead atoms. The van der Waals surface area contributed by atoms with Crippen LogP contribution in [0, 0.1) is 5.92 Å². The van der Waals surface area contributed by atoms with Crippen molar-refractivity contribution >= 4 is 5.97 Å². The molecule has 0 saturated carbocycles. The first-order chi connectivity index (χ1) is 8.69. The van der Waals surface area contributed by atoms with Crippen LogP contribution < -0.4 is 5.32 Å². The SMILES string of the molecule is CNCC1CCN(Cc2ccc(C(=O)O)cc2)C1. The molecule has 1 fully saturated rings. The molecular weight excluding hydrogens is 228 g/mol. The number of nitrogens with one attached hydrogen (secondary N) is 1. The Kier molecular flexibility index (Phi) is 4.33. The topological polar surface area (TPSA) is 52.6 Å². The molecule has 1 aromatic rings. The van der Waals surface area contributed by atoms with Crippen molar-refractivity contribution in [3.63, 3.8) is 0 Å². The Balaban J connectivity index is 1.88. The molecule has 1 heterocycles. The van der Waals surface area contributed by atoms with Crippen LogP contribution in [0.2, 0.25) is 0 Å². The molecule has 1 aromatic carbocycles. The van der Waals surface area contributed by atoms with Crippen LogP contribution in [0.25, 0.3) is 0 Å². The Morgan fingerprint density at radius 2 is 2.17 bits per heavy atom. The molecule has 0 spiro atoms. The molecule has 4 nitrogen and oxygen atoms in total. The molecule has 98 valence electrons. The first kappa shape index (κ1) is 13.1. The van der Waals surface area contributed by atoms with E-state index in [4.69, 9.17) is 5.11 Å². The van der Waals surface area contributed by atoms with E-state index in [9.17, 15) is 4.79 Å². The lowest BCUT2D eigenvalue weighted by molar-refractivity contribution is 0.0697. The Morgan fingerprint density at radius 3 is 2.78 bits per heavy atom. The standard InChI is InChI=1S/C14H20N2O2/c1-15-8-12-6-7-16(10-12)9-11-2-4-13(5-3-11)14(17)18/h2-5,12,15H,6-10H2,1H3,(H,17,18). The Hall–Kier alpha value is -1.39. The molecule has 0 amide bonds. The Morgan fingerprint density at radius 1 is 1.44 bits per heavy atom. The summed E-state index contributed by atoms with van der Waals surface area (Å²) in [7, 11) is 1.99. The molecule has 0 aliphatic carbocycles. The van der Waals surface area contributed by atoms with Crippen molar-refractivity contribution in [2.45, 2.75) is 13.0 Å². The summed E-state index contributed by atoms with van der Waals surface area (Å²) in [5.74, 6) is -0.120. The zero-order valence-electron chi connectivity index (χ0n) is 10.7. The summed E-state index contributed by atoms with van der Waals surface area (Å²) in [6.07, 6.45) is 1.24. The van der Waals surface area contributed by atoms with Gasteiger partial charge in [0, 0.05) is 13.1 Å². The van der Waals surface area contributed by atoms with Gasteiger partial charge in [0.15, 0.2) is 0 Å². The fourth-order valence-electron chi connectivity index (χ4n) is 2.52. The number of aromatic carboxylic acids is 1. The minimum atomic E-state index is -0.864. The zero-order valence-corrected chi connectivity index (χ0v) is 10.7. The summed E-state index contributed by atoms with van der Waals surface area (Å²) in [4.78, 5) is 13.2. The van der Waals surface area contributed by atoms with Gasteiger partial charge in [-0.05, 0) is 50.2 Å². The zero-order chi connectivity index (χ0) is 13.0. The highest BCUT2D eigenvalue weighted by atomic mass is 16.4. The molecule has 1 unspecified atom stereocenters. The summed E-state index contributed by atoms with van der Waals surface area (Å²) >= 11 is 0. The predicted molar refractivity (Wildman–Crippen MR) is 70.7 cm³/mol. The van der Waals surface area contributed by atoms with Gasteiger partial charge in [-0.15, -0.1) is 0 Å². The predicted octanol–water partition coefficient (Wildman–Crippen LogP) is 1.43. The van der Waals surface area contributed by atoms with Crippen molar-refractivity contribution < 1.29 is 9.90 Å². The molecule has 18 heavy (non-hydrogen) atoms. The van der Waals surface area contributed by atoms with Gasteiger partial charge in [-0.25, -0.2) is 4.79 Å². The minimum absolute atomic E-state index is 0.355. The van der Waals surface area contributed by atoms with E-state index in [1.165, 1.54) is 12.0 Å². The molecule has 0 radical (unpaired) electrons. The lowest BCUT2D eigenvalue weighted by Gasteiger charge is -2.16. The van der Waals surface area contributed by atoms with E-state index in [-0.39, 0.29) is 0 Å². The van der Waals surface area contributed by atoms with Crippen molar-refractivity contribution in [1.82, 2.24) is 10.2 Å². The maximum Gasteiger partial charge on any atom is 0.335 e. The monoisotopic (exact) mass is 248 g/mol. The Labute approximate surface area is 108 Å². The van der Waals surface area contributed by atoms with Gasteiger partial charge in [0.2, 0.25) is 0 Å². The van der Waals surface area contributed by atoms with Crippen LogP contribution in [0.4, 0.5) is 0 Å². The van der Waals surface area contributed by atoms with E-state index in [2.05, 4.69) is 10.2 Å². The summed E-state index contributed by atoms with van der Waals surface area (Å²) < 4.78 is 0. The quantitative estimate of drug-likeness (QED) is 0.827. The second kappa shape index (κ2) is 5.98. The first-order valence-electron chi connectivity index (χ1n) is 6.38. The van der Waals surface area contributed by atoms with E-state index in [0.717, 1.165) is 32.1 Å². The number of hydrogen-bond donors (Lipinski definition) is 2. The third-order valence-electron chi connectivity index (χ3n) is 3.47. The Bertz CT molecular complexity index is 403. The number of nitrogens with zero attached hydrogens (tertiary/aromatic N) is 1. The fraction of sp³-hybridized carbons (Fsp3) is 0.500. The maximum atomic E-state index is 10.8. The molecule has 1 saturated heterocycles. The highest BCUT2D eigenvalue weighted by Crippen LogP contribution is 2.18. The minimum Gasteiger partial charge on any atom is -0.478 e. The highest BCUT2D eigenvalue weighted by molar-refractivity contribution is 5.87. The smallest absolute Gasteiger partial charge is 0.335 e. The van der Waals surface area contributed by atoms with Crippen molar-refractivity contribution in [1.29, 1.82) is 0 Å². The van der Waals surface area contributed by atoms with Crippen LogP contribution >= 0.6 is 0 Å². The van der Waals surface area contributed by atoms with Crippen molar-refractivity contribution in [3.05, 3.63) is 35.4 Å². The average molecular weight is 248 g/mol. The van der Waals surface area contributed by atoms with Crippen LogP contribution in [-0.2, 0) is 6.54 Å². The second-order valence-electron chi connectivity index (χ2n) is 4.95. The van der Waals surface area contributed by atoms with Gasteiger partial charge in [0.05, 0.1) is 5.56 Å². The summed E-state index contributed by atoms with van der Waals surface area (Å²) in [5.41, 5.74) is 1.54. The highest BCUT2D eigenvalue weighted by Gasteiger charge is 2.21. The van der Waals surface area contributed by atoms with Gasteiger partial charge in [0.1, 0.15) is 0 Å². The van der Waals surface area contributed by atoms with Gasteiger partial charge in [-0.1, -0.05) is 12.1 Å². The number of carboxylic acids is 1. The third kappa shape index (κ3) is 3.31. The first-order valence-corrected chi connectivity index (χ1v) is 6.38. The normalized spacial score (nSPS) is 20.2. The largest absolute Gasteiger partial charge is 0.478 e. The van der Waals surface area contributed by atoms with E-state index < -0.39 is 5.97 Å². The van der Waals surface area contributed by atoms with Crippen LogP contribution in [0.3, 0.4) is 0 Å². The number of rotatable bonds is 5. The second-order valence-corrected chi connectivity index (χ2v) is 4.95. The molecule has 0 aromatic heterocycles. The van der Waals surface area contributed by atoms with Crippen LogP contribution in [0.1, 0.15) is 22.3 Å². The van der Waals surface area contributed by atoms with E-state index >= 15 is 0 Å². The van der Waals surface area contributed by atoms with Crippen LogP contribution in [0.15, 0.2) is 24.3 Å². The van der Waals surface area contributed by atoms with Gasteiger partial charge in [-0.3, -0.25) is 4.90 Å². The molecule has 4 heteroatoms. The number of benzene rings is 1. The van der Waals surface area contributed by atoms with Crippen molar-refractivity contribution in [2.24, 2.45) is 5.92 Å². The molecule has 2 N–H and O–H groups in total. The van der Waals surface area contributed by atoms with Crippen molar-refractivity contribution in [3.8, 4) is 0 Å². The van der Waals surface area contributed by atoms with Gasteiger partial charge < -0.3 is 10.4 Å². The molecule has 1 aliphatic rings. The summed E-state index contributed by atoms with van der Waals surface area (Å²) in [6, 6.07) is 7.18. The average Bonchev–Trinajstić information content (AvgIpc) is 2.78. The summed E-state index contributed by atoms with van der Waals surface area (Å²) in [6.45, 7) is 4.25. The number of carbonyl (C=O) groups is 1. The number of hydrogen-bond acceptors (Lipinski definition) is 3. The molecule has 1 aliphatic heterocycles. The van der Waals surface area contributed by atoms with Gasteiger partial charge >= 0.3 is 5.97 Å². The summed E-state index contributed by atoms with van der Waals surface area (Å²) in [5, 5.41) is 12.1. The lowest BCUT2D eigenvalue weighted by atomic mass is 10.1. The van der Waals surface area contributed by atoms with Crippen molar-refractivity contribution in [2.75, 3.05) is 26.7 Å². The van der Waals surface area contributed by atoms with Crippen LogP contribution in [-0.4, -0.2) is 42.7 Å². The fourth-order valence-corrected chi connectivity index (χ4v) is 2.52. The van der Waals surface area contributed by atoms with E-state index in [0.29, 0.717) is 5.56 Å². The van der Waals surface area contributed by atoms with E-state index in [1.807, 2.05) is 19.2 Å².